The molecule has 0 fully saturated rings. The van der Waals surface area contributed by atoms with E-state index in [0.717, 1.165) is 15.8 Å². The van der Waals surface area contributed by atoms with Crippen LogP contribution >= 0.6 is 11.3 Å². The molecule has 0 unspecified atom stereocenters. The first-order chi connectivity index (χ1) is 12.7. The third-order valence-electron chi connectivity index (χ3n) is 4.03. The van der Waals surface area contributed by atoms with Gasteiger partial charge in [0, 0.05) is 7.05 Å². The van der Waals surface area contributed by atoms with E-state index in [-0.39, 0.29) is 36.7 Å². The Labute approximate surface area is 162 Å². The highest BCUT2D eigenvalue weighted by atomic mass is 32.1. The Hall–Kier alpha value is -2.52. The first-order valence-electron chi connectivity index (χ1n) is 8.61. The zero-order chi connectivity index (χ0) is 20.1. The monoisotopic (exact) mass is 391 g/mol. The van der Waals surface area contributed by atoms with Gasteiger partial charge in [0.05, 0.1) is 29.3 Å². The van der Waals surface area contributed by atoms with Gasteiger partial charge in [-0.15, -0.1) is 0 Å². The lowest BCUT2D eigenvalue weighted by atomic mass is 10.1. The molecule has 1 atom stereocenters. The number of likely N-dealkylation sites (N-methyl/N-ethyl adjacent to an activating group) is 1. The quantitative estimate of drug-likeness (QED) is 0.653. The second kappa shape index (κ2) is 8.92. The Morgan fingerprint density at radius 1 is 1.30 bits per heavy atom. The maximum Gasteiger partial charge on any atom is 0.245 e. The number of carbonyl (C=O) groups is 3. The van der Waals surface area contributed by atoms with E-state index in [9.17, 15) is 14.4 Å². The second-order valence-electron chi connectivity index (χ2n) is 6.78. The van der Waals surface area contributed by atoms with E-state index in [0.29, 0.717) is 5.13 Å². The van der Waals surface area contributed by atoms with Crippen LogP contribution in [-0.2, 0) is 14.4 Å². The van der Waals surface area contributed by atoms with Crippen molar-refractivity contribution in [1.29, 1.82) is 0 Å². The second-order valence-corrected chi connectivity index (χ2v) is 7.81. The van der Waals surface area contributed by atoms with Crippen LogP contribution in [-0.4, -0.2) is 53.8 Å². The van der Waals surface area contributed by atoms with E-state index < -0.39 is 6.04 Å². The van der Waals surface area contributed by atoms with Crippen molar-refractivity contribution in [2.75, 3.05) is 25.5 Å². The molecule has 4 N–H and O–H groups in total. The van der Waals surface area contributed by atoms with Gasteiger partial charge < -0.3 is 21.3 Å². The Balaban J connectivity index is 1.84. The summed E-state index contributed by atoms with van der Waals surface area (Å²) >= 11 is 1.38. The molecule has 0 bridgehead atoms. The fourth-order valence-corrected chi connectivity index (χ4v) is 3.25. The maximum atomic E-state index is 12.2. The number of nitrogens with one attached hydrogen (secondary N) is 2. The Bertz CT molecular complexity index is 849. The fourth-order valence-electron chi connectivity index (χ4n) is 2.27. The van der Waals surface area contributed by atoms with Crippen molar-refractivity contribution in [3.05, 3.63) is 23.8 Å². The van der Waals surface area contributed by atoms with Crippen LogP contribution in [0, 0.1) is 12.8 Å². The summed E-state index contributed by atoms with van der Waals surface area (Å²) in [4.78, 5) is 41.6. The molecule has 0 spiro atoms. The molecule has 0 aliphatic carbocycles. The summed E-state index contributed by atoms with van der Waals surface area (Å²) in [5, 5.41) is 5.68. The molecule has 1 heterocycles. The molecule has 1 aromatic heterocycles. The summed E-state index contributed by atoms with van der Waals surface area (Å²) in [6.07, 6.45) is 0. The molecule has 0 aliphatic rings. The van der Waals surface area contributed by atoms with Crippen molar-refractivity contribution in [3.63, 3.8) is 0 Å². The SMILES string of the molecule is Cc1ccc2nc(NC(=O)CN(C)C(=O)CNC(=O)[C@@H](N)C(C)C)sc2c1. The van der Waals surface area contributed by atoms with E-state index in [1.54, 1.807) is 0 Å². The number of thiazole rings is 1. The summed E-state index contributed by atoms with van der Waals surface area (Å²) in [7, 11) is 1.50. The Morgan fingerprint density at radius 2 is 2.00 bits per heavy atom. The highest BCUT2D eigenvalue weighted by molar-refractivity contribution is 7.22. The predicted molar refractivity (Wildman–Crippen MR) is 106 cm³/mol. The number of aryl methyl sites for hydroxylation is 1. The zero-order valence-electron chi connectivity index (χ0n) is 15.9. The average Bonchev–Trinajstić information content (AvgIpc) is 2.99. The number of hydrogen-bond acceptors (Lipinski definition) is 6. The van der Waals surface area contributed by atoms with Crippen molar-refractivity contribution >= 4 is 44.4 Å². The van der Waals surface area contributed by atoms with Gasteiger partial charge in [0.1, 0.15) is 0 Å². The van der Waals surface area contributed by atoms with Gasteiger partial charge in [0.15, 0.2) is 5.13 Å². The molecule has 0 saturated heterocycles. The highest BCUT2D eigenvalue weighted by Gasteiger charge is 2.19. The van der Waals surface area contributed by atoms with E-state index in [1.165, 1.54) is 23.3 Å². The summed E-state index contributed by atoms with van der Waals surface area (Å²) < 4.78 is 0.985. The molecule has 0 aliphatic heterocycles. The number of nitrogens with zero attached hydrogens (tertiary/aromatic N) is 2. The van der Waals surface area contributed by atoms with Crippen LogP contribution in [0.2, 0.25) is 0 Å². The number of aromatic nitrogens is 1. The molecule has 2 aromatic rings. The van der Waals surface area contributed by atoms with Crippen LogP contribution in [0.5, 0.6) is 0 Å². The Morgan fingerprint density at radius 3 is 2.67 bits per heavy atom. The number of amides is 3. The largest absolute Gasteiger partial charge is 0.346 e. The molecular formula is C18H25N5O3S. The lowest BCUT2D eigenvalue weighted by Gasteiger charge is -2.19. The van der Waals surface area contributed by atoms with Gasteiger partial charge in [-0.3, -0.25) is 14.4 Å². The minimum atomic E-state index is -0.672. The number of benzene rings is 1. The number of hydrogen-bond donors (Lipinski definition) is 3. The smallest absolute Gasteiger partial charge is 0.245 e. The Kier molecular flexibility index (Phi) is 6.86. The van der Waals surface area contributed by atoms with Crippen LogP contribution in [0.3, 0.4) is 0 Å². The van der Waals surface area contributed by atoms with Gasteiger partial charge in [-0.25, -0.2) is 4.98 Å². The summed E-state index contributed by atoms with van der Waals surface area (Å²) in [6, 6.07) is 5.19. The molecule has 0 saturated carbocycles. The van der Waals surface area contributed by atoms with Crippen molar-refractivity contribution in [1.82, 2.24) is 15.2 Å². The standard InChI is InChI=1S/C18H25N5O3S/c1-10(2)16(19)17(26)20-8-15(25)23(4)9-14(24)22-18-21-12-6-5-11(3)7-13(12)27-18/h5-7,10,16H,8-9,19H2,1-4H3,(H,20,26)(H,21,22,24)/t16-/m0/s1. The molecular weight excluding hydrogens is 366 g/mol. The normalized spacial score (nSPS) is 12.1. The summed E-state index contributed by atoms with van der Waals surface area (Å²) in [5.74, 6) is -1.15. The van der Waals surface area contributed by atoms with Gasteiger partial charge >= 0.3 is 0 Å². The van der Waals surface area contributed by atoms with Crippen molar-refractivity contribution in [2.45, 2.75) is 26.8 Å². The minimum Gasteiger partial charge on any atom is -0.346 e. The molecule has 2 rings (SSSR count). The van der Waals surface area contributed by atoms with Crippen molar-refractivity contribution in [3.8, 4) is 0 Å². The number of anilines is 1. The fraction of sp³-hybridized carbons (Fsp3) is 0.444. The first kappa shape index (κ1) is 20.8. The van der Waals surface area contributed by atoms with E-state index in [1.807, 2.05) is 39.0 Å². The molecule has 0 radical (unpaired) electrons. The summed E-state index contributed by atoms with van der Waals surface area (Å²) in [6.45, 7) is 5.30. The van der Waals surface area contributed by atoms with E-state index >= 15 is 0 Å². The topological polar surface area (TPSA) is 117 Å². The number of fused-ring (bicyclic) bond motifs is 1. The van der Waals surface area contributed by atoms with Crippen LogP contribution in [0.25, 0.3) is 10.2 Å². The van der Waals surface area contributed by atoms with Crippen LogP contribution in [0.15, 0.2) is 18.2 Å². The van der Waals surface area contributed by atoms with Crippen LogP contribution in [0.1, 0.15) is 19.4 Å². The third-order valence-corrected chi connectivity index (χ3v) is 4.97. The molecule has 9 heteroatoms. The van der Waals surface area contributed by atoms with Gasteiger partial charge in [-0.2, -0.15) is 0 Å². The maximum absolute atomic E-state index is 12.2. The van der Waals surface area contributed by atoms with Crippen LogP contribution < -0.4 is 16.4 Å². The summed E-state index contributed by atoms with van der Waals surface area (Å²) in [5.41, 5.74) is 7.66. The van der Waals surface area contributed by atoms with E-state index in [4.69, 9.17) is 5.73 Å². The van der Waals surface area contributed by atoms with Crippen molar-refractivity contribution in [2.24, 2.45) is 11.7 Å². The zero-order valence-corrected chi connectivity index (χ0v) is 16.7. The van der Waals surface area contributed by atoms with Crippen molar-refractivity contribution < 1.29 is 14.4 Å². The lowest BCUT2D eigenvalue weighted by molar-refractivity contribution is -0.134. The van der Waals surface area contributed by atoms with Gasteiger partial charge in [0.25, 0.3) is 0 Å². The molecule has 8 nitrogen and oxygen atoms in total. The van der Waals surface area contributed by atoms with Crippen LogP contribution in [0.4, 0.5) is 5.13 Å². The minimum absolute atomic E-state index is 0.0267. The number of rotatable bonds is 7. The first-order valence-corrected chi connectivity index (χ1v) is 9.43. The molecule has 1 aromatic carbocycles. The number of nitrogens with two attached hydrogens (primary N) is 1. The average molecular weight is 391 g/mol. The van der Waals surface area contributed by atoms with E-state index in [2.05, 4.69) is 15.6 Å². The lowest BCUT2D eigenvalue weighted by Crippen LogP contribution is -2.48. The molecule has 146 valence electrons. The van der Waals surface area contributed by atoms with Gasteiger partial charge in [-0.05, 0) is 30.5 Å². The molecule has 27 heavy (non-hydrogen) atoms. The van der Waals surface area contributed by atoms with Gasteiger partial charge in [0.2, 0.25) is 17.7 Å². The predicted octanol–water partition coefficient (Wildman–Crippen LogP) is 1.10. The highest BCUT2D eigenvalue weighted by Crippen LogP contribution is 2.26. The van der Waals surface area contributed by atoms with Gasteiger partial charge in [-0.1, -0.05) is 31.3 Å². The number of carbonyl (C=O) groups excluding carboxylic acids is 3. The molecule has 3 amide bonds. The third kappa shape index (κ3) is 5.73.